The molecule has 0 spiro atoms. The van der Waals surface area contributed by atoms with Crippen molar-refractivity contribution in [3.63, 3.8) is 0 Å². The van der Waals surface area contributed by atoms with Gasteiger partial charge in [-0.15, -0.1) is 0 Å². The zero-order valence-corrected chi connectivity index (χ0v) is 12.3. The van der Waals surface area contributed by atoms with Gasteiger partial charge in [0.05, 0.1) is 7.11 Å². The third kappa shape index (κ3) is 4.43. The molecule has 21 heavy (non-hydrogen) atoms. The van der Waals surface area contributed by atoms with E-state index in [0.717, 1.165) is 31.7 Å². The van der Waals surface area contributed by atoms with Crippen LogP contribution in [0.5, 0.6) is 5.75 Å². The number of carbonyl (C=O) groups excluding carboxylic acids is 1. The highest BCUT2D eigenvalue weighted by atomic mass is 19.1. The maximum absolute atomic E-state index is 13.5. The molecular weight excluding hydrogens is 273 g/mol. The number of halogens is 1. The minimum atomic E-state index is -0.750. The monoisotopic (exact) mass is 295 g/mol. The van der Waals surface area contributed by atoms with Crippen LogP contribution in [0.4, 0.5) is 4.39 Å². The molecule has 4 nitrogen and oxygen atoms in total. The van der Waals surface area contributed by atoms with Gasteiger partial charge in [-0.05, 0) is 30.5 Å². The van der Waals surface area contributed by atoms with E-state index in [4.69, 9.17) is 4.74 Å². The van der Waals surface area contributed by atoms with Crippen molar-refractivity contribution < 1.29 is 19.0 Å². The SMILES string of the molecule is COC(=O)C(NC1CCCCCC1)c1cc(O)cc(F)c1. The van der Waals surface area contributed by atoms with E-state index in [2.05, 4.69) is 5.32 Å². The van der Waals surface area contributed by atoms with Crippen LogP contribution in [-0.4, -0.2) is 24.2 Å². The molecule has 2 N–H and O–H groups in total. The van der Waals surface area contributed by atoms with Crippen molar-refractivity contribution in [2.24, 2.45) is 0 Å². The third-order valence-electron chi connectivity index (χ3n) is 3.93. The average Bonchev–Trinajstić information content (AvgIpc) is 2.71. The molecule has 0 bridgehead atoms. The standard InChI is InChI=1S/C16H22FNO3/c1-21-16(20)15(11-8-12(17)10-14(19)9-11)18-13-6-4-2-3-5-7-13/h8-10,13,15,18-19H,2-7H2,1H3. The van der Waals surface area contributed by atoms with Gasteiger partial charge in [0, 0.05) is 12.1 Å². The summed E-state index contributed by atoms with van der Waals surface area (Å²) in [6.45, 7) is 0. The minimum absolute atomic E-state index is 0.193. The fraction of sp³-hybridized carbons (Fsp3) is 0.562. The fourth-order valence-corrected chi connectivity index (χ4v) is 2.86. The molecule has 5 heteroatoms. The quantitative estimate of drug-likeness (QED) is 0.662. The van der Waals surface area contributed by atoms with Crippen LogP contribution in [0.2, 0.25) is 0 Å². The van der Waals surface area contributed by atoms with Crippen molar-refractivity contribution >= 4 is 5.97 Å². The van der Waals surface area contributed by atoms with Crippen LogP contribution < -0.4 is 5.32 Å². The van der Waals surface area contributed by atoms with E-state index in [-0.39, 0.29) is 11.8 Å². The topological polar surface area (TPSA) is 58.6 Å². The van der Waals surface area contributed by atoms with Crippen molar-refractivity contribution in [1.82, 2.24) is 5.32 Å². The molecule has 1 aliphatic rings. The second-order valence-electron chi connectivity index (χ2n) is 5.55. The molecule has 0 saturated heterocycles. The van der Waals surface area contributed by atoms with Gasteiger partial charge in [-0.2, -0.15) is 0 Å². The predicted molar refractivity (Wildman–Crippen MR) is 77.4 cm³/mol. The first-order valence-corrected chi connectivity index (χ1v) is 7.43. The van der Waals surface area contributed by atoms with Gasteiger partial charge in [-0.1, -0.05) is 25.7 Å². The predicted octanol–water partition coefficient (Wildman–Crippen LogP) is 3.06. The number of ether oxygens (including phenoxy) is 1. The van der Waals surface area contributed by atoms with Crippen LogP contribution in [0.25, 0.3) is 0 Å². The van der Waals surface area contributed by atoms with Gasteiger partial charge in [-0.3, -0.25) is 5.32 Å². The molecule has 0 radical (unpaired) electrons. The highest BCUT2D eigenvalue weighted by Crippen LogP contribution is 2.25. The van der Waals surface area contributed by atoms with E-state index >= 15 is 0 Å². The van der Waals surface area contributed by atoms with Gasteiger partial charge < -0.3 is 9.84 Å². The summed E-state index contributed by atoms with van der Waals surface area (Å²) in [6.07, 6.45) is 6.66. The highest BCUT2D eigenvalue weighted by molar-refractivity contribution is 5.77. The number of rotatable bonds is 4. The van der Waals surface area contributed by atoms with Gasteiger partial charge in [-0.25, -0.2) is 9.18 Å². The first-order valence-electron chi connectivity index (χ1n) is 7.43. The normalized spacial score (nSPS) is 18.0. The number of carbonyl (C=O) groups is 1. The lowest BCUT2D eigenvalue weighted by Crippen LogP contribution is -2.37. The molecule has 0 aromatic heterocycles. The number of esters is 1. The molecule has 1 aliphatic carbocycles. The molecule has 1 aromatic carbocycles. The van der Waals surface area contributed by atoms with Crippen LogP contribution in [0.3, 0.4) is 0 Å². The second-order valence-corrected chi connectivity index (χ2v) is 5.55. The summed E-state index contributed by atoms with van der Waals surface area (Å²) in [5, 5.41) is 12.8. The molecule has 2 rings (SSSR count). The fourth-order valence-electron chi connectivity index (χ4n) is 2.86. The highest BCUT2D eigenvalue weighted by Gasteiger charge is 2.26. The van der Waals surface area contributed by atoms with E-state index in [1.807, 2.05) is 0 Å². The average molecular weight is 295 g/mol. The number of hydrogen-bond donors (Lipinski definition) is 2. The molecule has 0 aliphatic heterocycles. The summed E-state index contributed by atoms with van der Waals surface area (Å²) in [4.78, 5) is 12.0. The smallest absolute Gasteiger partial charge is 0.327 e. The Balaban J connectivity index is 2.19. The second kappa shape index (κ2) is 7.41. The number of nitrogens with one attached hydrogen (secondary N) is 1. The van der Waals surface area contributed by atoms with Crippen LogP contribution in [-0.2, 0) is 9.53 Å². The zero-order valence-electron chi connectivity index (χ0n) is 12.3. The molecule has 1 unspecified atom stereocenters. The van der Waals surface area contributed by atoms with Gasteiger partial charge >= 0.3 is 5.97 Å². The summed E-state index contributed by atoms with van der Waals surface area (Å²) in [7, 11) is 1.31. The molecular formula is C16H22FNO3. The summed E-state index contributed by atoms with van der Waals surface area (Å²) in [6, 6.07) is 3.13. The molecule has 1 saturated carbocycles. The van der Waals surface area contributed by atoms with Crippen LogP contribution in [0, 0.1) is 5.82 Å². The molecule has 0 amide bonds. The Morgan fingerprint density at radius 3 is 2.52 bits per heavy atom. The number of hydrogen-bond acceptors (Lipinski definition) is 4. The maximum atomic E-state index is 13.5. The maximum Gasteiger partial charge on any atom is 0.327 e. The first kappa shape index (κ1) is 15.8. The first-order chi connectivity index (χ1) is 10.1. The molecule has 116 valence electrons. The lowest BCUT2D eigenvalue weighted by atomic mass is 10.0. The van der Waals surface area contributed by atoms with E-state index in [1.165, 1.54) is 32.1 Å². The number of aromatic hydroxyl groups is 1. The Hall–Kier alpha value is -1.62. The van der Waals surface area contributed by atoms with Gasteiger partial charge in [0.15, 0.2) is 0 Å². The lowest BCUT2D eigenvalue weighted by molar-refractivity contribution is -0.143. The molecule has 0 heterocycles. The number of methoxy groups -OCH3 is 1. The minimum Gasteiger partial charge on any atom is -0.508 e. The number of benzene rings is 1. The summed E-state index contributed by atoms with van der Waals surface area (Å²) >= 11 is 0. The van der Waals surface area contributed by atoms with E-state index < -0.39 is 17.8 Å². The summed E-state index contributed by atoms with van der Waals surface area (Å²) < 4.78 is 18.3. The molecule has 1 aromatic rings. The summed E-state index contributed by atoms with van der Waals surface area (Å²) in [5.74, 6) is -1.23. The zero-order chi connectivity index (χ0) is 15.2. The van der Waals surface area contributed by atoms with Gasteiger partial charge in [0.25, 0.3) is 0 Å². The number of phenolic OH excluding ortho intramolecular Hbond substituents is 1. The van der Waals surface area contributed by atoms with Crippen LogP contribution >= 0.6 is 0 Å². The van der Waals surface area contributed by atoms with Crippen molar-refractivity contribution in [3.8, 4) is 5.75 Å². The van der Waals surface area contributed by atoms with E-state index in [0.29, 0.717) is 5.56 Å². The Morgan fingerprint density at radius 1 is 1.29 bits per heavy atom. The molecule has 1 fully saturated rings. The largest absolute Gasteiger partial charge is 0.508 e. The molecule has 1 atom stereocenters. The van der Waals surface area contributed by atoms with Crippen molar-refractivity contribution in [3.05, 3.63) is 29.6 Å². The van der Waals surface area contributed by atoms with Crippen molar-refractivity contribution in [1.29, 1.82) is 0 Å². The van der Waals surface area contributed by atoms with Crippen LogP contribution in [0.15, 0.2) is 18.2 Å². The Morgan fingerprint density at radius 2 is 1.95 bits per heavy atom. The number of phenols is 1. The van der Waals surface area contributed by atoms with Gasteiger partial charge in [0.1, 0.15) is 17.6 Å². The van der Waals surface area contributed by atoms with E-state index in [1.54, 1.807) is 0 Å². The Bertz CT molecular complexity index is 464. The van der Waals surface area contributed by atoms with Gasteiger partial charge in [0.2, 0.25) is 0 Å². The van der Waals surface area contributed by atoms with Crippen molar-refractivity contribution in [2.45, 2.75) is 50.6 Å². The van der Waals surface area contributed by atoms with Crippen LogP contribution in [0.1, 0.15) is 50.1 Å². The van der Waals surface area contributed by atoms with Crippen molar-refractivity contribution in [2.75, 3.05) is 7.11 Å². The Kier molecular flexibility index (Phi) is 5.56. The van der Waals surface area contributed by atoms with E-state index in [9.17, 15) is 14.3 Å². The summed E-state index contributed by atoms with van der Waals surface area (Å²) in [5.41, 5.74) is 0.392. The lowest BCUT2D eigenvalue weighted by Gasteiger charge is -2.23. The Labute approximate surface area is 124 Å². The third-order valence-corrected chi connectivity index (χ3v) is 3.93.